The summed E-state index contributed by atoms with van der Waals surface area (Å²) in [5.74, 6) is 0. The number of hydrogen-bond donors (Lipinski definition) is 2. The molecule has 2 heterocycles. The van der Waals surface area contributed by atoms with Crippen LogP contribution in [-0.2, 0) is 0 Å². The van der Waals surface area contributed by atoms with Crippen molar-refractivity contribution < 1.29 is 5.11 Å². The molecule has 21 heavy (non-hydrogen) atoms. The molecule has 1 aliphatic heterocycles. The van der Waals surface area contributed by atoms with Crippen molar-refractivity contribution in [3.8, 4) is 0 Å². The zero-order valence-electron chi connectivity index (χ0n) is 13.6. The van der Waals surface area contributed by atoms with Gasteiger partial charge < -0.3 is 15.3 Å². The Morgan fingerprint density at radius 2 is 2.14 bits per heavy atom. The molecule has 0 aromatic carbocycles. The fourth-order valence-electron chi connectivity index (χ4n) is 3.02. The molecular formula is C17H29N3O. The lowest BCUT2D eigenvalue weighted by Gasteiger charge is -2.24. The number of nitrogens with one attached hydrogen (secondary N) is 1. The summed E-state index contributed by atoms with van der Waals surface area (Å²) < 4.78 is 0. The van der Waals surface area contributed by atoms with E-state index < -0.39 is 5.60 Å². The summed E-state index contributed by atoms with van der Waals surface area (Å²) in [4.78, 5) is 6.98. The third-order valence-electron chi connectivity index (χ3n) is 4.42. The van der Waals surface area contributed by atoms with Gasteiger partial charge in [-0.3, -0.25) is 4.98 Å². The second kappa shape index (κ2) is 7.23. The highest BCUT2D eigenvalue weighted by atomic mass is 16.3. The van der Waals surface area contributed by atoms with Crippen LogP contribution in [0.15, 0.2) is 18.3 Å². The Hall–Kier alpha value is -1.13. The summed E-state index contributed by atoms with van der Waals surface area (Å²) in [5.41, 5.74) is 1.77. The lowest BCUT2D eigenvalue weighted by Crippen LogP contribution is -2.28. The van der Waals surface area contributed by atoms with Crippen LogP contribution in [-0.4, -0.2) is 35.3 Å². The second-order valence-electron chi connectivity index (χ2n) is 6.30. The third-order valence-corrected chi connectivity index (χ3v) is 4.42. The van der Waals surface area contributed by atoms with Gasteiger partial charge in [0.25, 0.3) is 0 Å². The van der Waals surface area contributed by atoms with E-state index in [9.17, 15) is 5.11 Å². The number of pyridine rings is 1. The van der Waals surface area contributed by atoms with Crippen molar-refractivity contribution in [2.45, 2.75) is 58.1 Å². The van der Waals surface area contributed by atoms with Crippen LogP contribution in [0.1, 0.15) is 58.2 Å². The molecule has 0 radical (unpaired) electrons. The van der Waals surface area contributed by atoms with Crippen LogP contribution < -0.4 is 10.2 Å². The standard InChI is InChI=1S/C17H29N3O/c1-4-15(18-5-2)16-8-7-14(13-19-16)20-11-6-9-17(3,21)10-12-20/h7-8,13,15,18,21H,4-6,9-12H2,1-3H3. The van der Waals surface area contributed by atoms with Gasteiger partial charge in [-0.15, -0.1) is 0 Å². The quantitative estimate of drug-likeness (QED) is 0.876. The van der Waals surface area contributed by atoms with Gasteiger partial charge in [0.2, 0.25) is 0 Å². The highest BCUT2D eigenvalue weighted by Crippen LogP contribution is 2.25. The van der Waals surface area contributed by atoms with Crippen LogP contribution in [0.4, 0.5) is 5.69 Å². The highest BCUT2D eigenvalue weighted by Gasteiger charge is 2.25. The maximum absolute atomic E-state index is 10.2. The molecule has 118 valence electrons. The Morgan fingerprint density at radius 1 is 1.33 bits per heavy atom. The molecule has 0 bridgehead atoms. The van der Waals surface area contributed by atoms with Gasteiger partial charge in [0.15, 0.2) is 0 Å². The second-order valence-corrected chi connectivity index (χ2v) is 6.30. The van der Waals surface area contributed by atoms with Gasteiger partial charge >= 0.3 is 0 Å². The fraction of sp³-hybridized carbons (Fsp3) is 0.706. The van der Waals surface area contributed by atoms with E-state index in [-0.39, 0.29) is 0 Å². The number of nitrogens with zero attached hydrogens (tertiary/aromatic N) is 2. The molecule has 2 unspecified atom stereocenters. The van der Waals surface area contributed by atoms with E-state index in [2.05, 4.69) is 41.2 Å². The number of aromatic nitrogens is 1. The maximum Gasteiger partial charge on any atom is 0.0637 e. The summed E-state index contributed by atoms with van der Waals surface area (Å²) in [6, 6.07) is 4.64. The Bertz CT molecular complexity index is 430. The minimum absolute atomic E-state index is 0.342. The van der Waals surface area contributed by atoms with Crippen molar-refractivity contribution in [1.29, 1.82) is 0 Å². The number of rotatable bonds is 5. The van der Waals surface area contributed by atoms with E-state index in [4.69, 9.17) is 0 Å². The van der Waals surface area contributed by atoms with Gasteiger partial charge in [-0.05, 0) is 51.3 Å². The molecule has 2 atom stereocenters. The molecule has 0 amide bonds. The molecule has 0 spiro atoms. The largest absolute Gasteiger partial charge is 0.390 e. The molecule has 2 N–H and O–H groups in total. The average molecular weight is 291 g/mol. The first-order valence-corrected chi connectivity index (χ1v) is 8.22. The Kier molecular flexibility index (Phi) is 5.59. The lowest BCUT2D eigenvalue weighted by atomic mass is 9.98. The summed E-state index contributed by atoms with van der Waals surface area (Å²) in [6.07, 6.45) is 5.77. The predicted octanol–water partition coefficient (Wildman–Crippen LogP) is 2.88. The molecule has 4 nitrogen and oxygen atoms in total. The molecule has 1 aliphatic rings. The molecule has 1 aromatic heterocycles. The number of aliphatic hydroxyl groups is 1. The van der Waals surface area contributed by atoms with E-state index in [1.54, 1.807) is 0 Å². The molecule has 1 aromatic rings. The van der Waals surface area contributed by atoms with E-state index in [1.165, 1.54) is 5.69 Å². The maximum atomic E-state index is 10.2. The zero-order chi connectivity index (χ0) is 15.3. The van der Waals surface area contributed by atoms with Gasteiger partial charge in [0.1, 0.15) is 0 Å². The summed E-state index contributed by atoms with van der Waals surface area (Å²) >= 11 is 0. The molecule has 0 aliphatic carbocycles. The Balaban J connectivity index is 2.04. The molecule has 0 saturated carbocycles. The SMILES string of the molecule is CCNC(CC)c1ccc(N2CCCC(C)(O)CC2)cn1. The zero-order valence-corrected chi connectivity index (χ0v) is 13.6. The van der Waals surface area contributed by atoms with Crippen LogP contribution in [0.25, 0.3) is 0 Å². The summed E-state index contributed by atoms with van der Waals surface area (Å²) in [7, 11) is 0. The number of anilines is 1. The van der Waals surface area contributed by atoms with Crippen molar-refractivity contribution in [3.05, 3.63) is 24.0 Å². The lowest BCUT2D eigenvalue weighted by molar-refractivity contribution is 0.0481. The van der Waals surface area contributed by atoms with Crippen LogP contribution in [0.3, 0.4) is 0 Å². The normalized spacial score (nSPS) is 24.7. The van der Waals surface area contributed by atoms with Crippen molar-refractivity contribution >= 4 is 5.69 Å². The van der Waals surface area contributed by atoms with Gasteiger partial charge in [-0.2, -0.15) is 0 Å². The van der Waals surface area contributed by atoms with Crippen molar-refractivity contribution in [2.24, 2.45) is 0 Å². The van der Waals surface area contributed by atoms with Crippen LogP contribution in [0.5, 0.6) is 0 Å². The van der Waals surface area contributed by atoms with Crippen molar-refractivity contribution in [3.63, 3.8) is 0 Å². The van der Waals surface area contributed by atoms with E-state index in [0.29, 0.717) is 6.04 Å². The topological polar surface area (TPSA) is 48.4 Å². The Labute approximate surface area is 128 Å². The van der Waals surface area contributed by atoms with Gasteiger partial charge in [0, 0.05) is 19.1 Å². The number of hydrogen-bond acceptors (Lipinski definition) is 4. The van der Waals surface area contributed by atoms with Crippen molar-refractivity contribution in [1.82, 2.24) is 10.3 Å². The van der Waals surface area contributed by atoms with Crippen LogP contribution in [0, 0.1) is 0 Å². The first-order valence-electron chi connectivity index (χ1n) is 8.22. The van der Waals surface area contributed by atoms with E-state index in [0.717, 1.165) is 51.0 Å². The molecule has 4 heteroatoms. The summed E-state index contributed by atoms with van der Waals surface area (Å²) in [6.45, 7) is 9.11. The summed E-state index contributed by atoms with van der Waals surface area (Å²) in [5, 5.41) is 13.6. The van der Waals surface area contributed by atoms with Crippen LogP contribution in [0.2, 0.25) is 0 Å². The minimum Gasteiger partial charge on any atom is -0.390 e. The fourth-order valence-corrected chi connectivity index (χ4v) is 3.02. The monoisotopic (exact) mass is 291 g/mol. The smallest absolute Gasteiger partial charge is 0.0637 e. The van der Waals surface area contributed by atoms with Gasteiger partial charge in [-0.1, -0.05) is 13.8 Å². The third kappa shape index (κ3) is 4.42. The average Bonchev–Trinajstić information content (AvgIpc) is 2.66. The molecular weight excluding hydrogens is 262 g/mol. The van der Waals surface area contributed by atoms with E-state index >= 15 is 0 Å². The molecule has 2 rings (SSSR count). The van der Waals surface area contributed by atoms with Gasteiger partial charge in [0.05, 0.1) is 23.2 Å². The van der Waals surface area contributed by atoms with Crippen LogP contribution >= 0.6 is 0 Å². The molecule has 1 saturated heterocycles. The first kappa shape index (κ1) is 16.2. The van der Waals surface area contributed by atoms with Gasteiger partial charge in [-0.25, -0.2) is 0 Å². The predicted molar refractivity (Wildman–Crippen MR) is 87.6 cm³/mol. The van der Waals surface area contributed by atoms with Crippen molar-refractivity contribution in [2.75, 3.05) is 24.5 Å². The highest BCUT2D eigenvalue weighted by molar-refractivity contribution is 5.45. The molecule has 1 fully saturated rings. The van der Waals surface area contributed by atoms with E-state index in [1.807, 2.05) is 13.1 Å². The Morgan fingerprint density at radius 3 is 2.76 bits per heavy atom. The first-order chi connectivity index (χ1) is 10.1. The minimum atomic E-state index is -0.513.